The normalized spacial score (nSPS) is 22.3. The summed E-state index contributed by atoms with van der Waals surface area (Å²) in [6, 6.07) is 8.20. The third-order valence-electron chi connectivity index (χ3n) is 4.31. The van der Waals surface area contributed by atoms with Crippen LogP contribution in [0.4, 0.5) is 5.69 Å². The molecule has 1 aromatic carbocycles. The largest absolute Gasteiger partial charge is 0.493 e. The van der Waals surface area contributed by atoms with Crippen LogP contribution < -0.4 is 10.1 Å². The lowest BCUT2D eigenvalue weighted by Crippen LogP contribution is -2.28. The Bertz CT molecular complexity index is 402. The third-order valence-corrected chi connectivity index (χ3v) is 4.31. The van der Waals surface area contributed by atoms with Crippen molar-refractivity contribution in [2.45, 2.75) is 39.5 Å². The summed E-state index contributed by atoms with van der Waals surface area (Å²) in [6.07, 6.45) is 4.97. The maximum Gasteiger partial charge on any atom is 0.119 e. The summed E-state index contributed by atoms with van der Waals surface area (Å²) in [4.78, 5) is 0. The first-order valence-corrected chi connectivity index (χ1v) is 8.26. The van der Waals surface area contributed by atoms with Crippen molar-refractivity contribution in [2.75, 3.05) is 25.1 Å². The molecule has 3 nitrogen and oxygen atoms in total. The molecule has 1 saturated carbocycles. The Balaban J connectivity index is 1.80. The van der Waals surface area contributed by atoms with Gasteiger partial charge >= 0.3 is 0 Å². The van der Waals surface area contributed by atoms with E-state index in [-0.39, 0.29) is 0 Å². The molecule has 1 aliphatic rings. The number of aliphatic hydroxyl groups excluding tert-OH is 1. The Morgan fingerprint density at radius 2 is 1.81 bits per heavy atom. The summed E-state index contributed by atoms with van der Waals surface area (Å²) >= 11 is 0. The highest BCUT2D eigenvalue weighted by Gasteiger charge is 2.23. The van der Waals surface area contributed by atoms with Crippen LogP contribution >= 0.6 is 0 Å². The molecule has 1 fully saturated rings. The van der Waals surface area contributed by atoms with Gasteiger partial charge in [0.25, 0.3) is 0 Å². The molecular formula is C18H29NO2. The number of ether oxygens (including phenoxy) is 1. The molecule has 21 heavy (non-hydrogen) atoms. The Morgan fingerprint density at radius 3 is 2.43 bits per heavy atom. The van der Waals surface area contributed by atoms with Gasteiger partial charge in [-0.1, -0.05) is 26.7 Å². The molecule has 0 amide bonds. The first kappa shape index (κ1) is 16.2. The highest BCUT2D eigenvalue weighted by Crippen LogP contribution is 2.30. The van der Waals surface area contributed by atoms with E-state index in [1.165, 1.54) is 25.7 Å². The number of hydrogen-bond acceptors (Lipinski definition) is 3. The number of benzene rings is 1. The van der Waals surface area contributed by atoms with Crippen molar-refractivity contribution < 1.29 is 9.84 Å². The van der Waals surface area contributed by atoms with Crippen LogP contribution in [0.2, 0.25) is 0 Å². The highest BCUT2D eigenvalue weighted by molar-refractivity contribution is 5.46. The molecule has 2 rings (SSSR count). The second kappa shape index (κ2) is 8.28. The topological polar surface area (TPSA) is 41.5 Å². The number of aliphatic hydroxyl groups is 1. The molecular weight excluding hydrogens is 262 g/mol. The van der Waals surface area contributed by atoms with Gasteiger partial charge in [-0.2, -0.15) is 0 Å². The molecule has 0 saturated heterocycles. The van der Waals surface area contributed by atoms with Crippen LogP contribution in [0.5, 0.6) is 5.75 Å². The molecule has 1 aromatic rings. The molecule has 2 atom stereocenters. The summed E-state index contributed by atoms with van der Waals surface area (Å²) in [7, 11) is 0. The van der Waals surface area contributed by atoms with E-state index in [1.54, 1.807) is 0 Å². The maximum absolute atomic E-state index is 9.45. The van der Waals surface area contributed by atoms with Crippen molar-refractivity contribution >= 4 is 5.69 Å². The smallest absolute Gasteiger partial charge is 0.119 e. The molecule has 0 aromatic heterocycles. The molecule has 0 spiro atoms. The van der Waals surface area contributed by atoms with Gasteiger partial charge in [-0.25, -0.2) is 0 Å². The second-order valence-corrected chi connectivity index (χ2v) is 6.60. The lowest BCUT2D eigenvalue weighted by atomic mass is 9.79. The minimum absolute atomic E-state index is 0.328. The molecule has 0 bridgehead atoms. The van der Waals surface area contributed by atoms with E-state index in [1.807, 2.05) is 12.1 Å². The van der Waals surface area contributed by atoms with Gasteiger partial charge in [-0.05, 0) is 54.9 Å². The fourth-order valence-electron chi connectivity index (χ4n) is 2.97. The summed E-state index contributed by atoms with van der Waals surface area (Å²) in [5, 5.41) is 13.0. The fraction of sp³-hybridized carbons (Fsp3) is 0.667. The zero-order valence-corrected chi connectivity index (χ0v) is 13.3. The summed E-state index contributed by atoms with van der Waals surface area (Å²) < 4.78 is 5.69. The highest BCUT2D eigenvalue weighted by atomic mass is 16.5. The predicted octanol–water partition coefficient (Wildman–Crippen LogP) is 3.93. The molecule has 0 radical (unpaired) electrons. The summed E-state index contributed by atoms with van der Waals surface area (Å²) in [5.41, 5.74) is 1.13. The van der Waals surface area contributed by atoms with Crippen LogP contribution in [0.3, 0.4) is 0 Å². The van der Waals surface area contributed by atoms with Crippen LogP contribution in [-0.4, -0.2) is 24.9 Å². The van der Waals surface area contributed by atoms with Gasteiger partial charge in [0.15, 0.2) is 0 Å². The molecule has 118 valence electrons. The van der Waals surface area contributed by atoms with Crippen molar-refractivity contribution in [2.24, 2.45) is 17.8 Å². The third kappa shape index (κ3) is 5.24. The van der Waals surface area contributed by atoms with E-state index >= 15 is 0 Å². The lowest BCUT2D eigenvalue weighted by Gasteiger charge is -2.30. The minimum Gasteiger partial charge on any atom is -0.493 e. The van der Waals surface area contributed by atoms with Gasteiger partial charge in [0, 0.05) is 18.8 Å². The SMILES string of the molecule is CC(C)COc1ccc(NCC2CCCCC2CO)cc1. The standard InChI is InChI=1S/C18H29NO2/c1-14(2)13-21-18-9-7-17(8-10-18)19-11-15-5-3-4-6-16(15)12-20/h7-10,14-16,19-20H,3-6,11-13H2,1-2H3. The predicted molar refractivity (Wildman–Crippen MR) is 87.8 cm³/mol. The van der Waals surface area contributed by atoms with Crippen LogP contribution in [0.25, 0.3) is 0 Å². The van der Waals surface area contributed by atoms with Crippen LogP contribution in [0, 0.1) is 17.8 Å². The monoisotopic (exact) mass is 291 g/mol. The van der Waals surface area contributed by atoms with Crippen molar-refractivity contribution in [1.29, 1.82) is 0 Å². The van der Waals surface area contributed by atoms with Crippen molar-refractivity contribution in [3.63, 3.8) is 0 Å². The van der Waals surface area contributed by atoms with E-state index in [9.17, 15) is 5.11 Å². The molecule has 3 heteroatoms. The van der Waals surface area contributed by atoms with E-state index in [2.05, 4.69) is 31.3 Å². The molecule has 2 unspecified atom stereocenters. The Morgan fingerprint density at radius 1 is 1.14 bits per heavy atom. The van der Waals surface area contributed by atoms with Crippen LogP contribution in [-0.2, 0) is 0 Å². The van der Waals surface area contributed by atoms with E-state index < -0.39 is 0 Å². The Kier molecular flexibility index (Phi) is 6.37. The number of anilines is 1. The number of nitrogens with one attached hydrogen (secondary N) is 1. The van der Waals surface area contributed by atoms with Crippen LogP contribution in [0.1, 0.15) is 39.5 Å². The molecule has 2 N–H and O–H groups in total. The van der Waals surface area contributed by atoms with Gasteiger partial charge in [-0.15, -0.1) is 0 Å². The van der Waals surface area contributed by atoms with Gasteiger partial charge in [0.1, 0.15) is 5.75 Å². The van der Waals surface area contributed by atoms with E-state index in [0.29, 0.717) is 24.4 Å². The van der Waals surface area contributed by atoms with Gasteiger partial charge in [-0.3, -0.25) is 0 Å². The number of rotatable bonds is 7. The van der Waals surface area contributed by atoms with Crippen LogP contribution in [0.15, 0.2) is 24.3 Å². The fourth-order valence-corrected chi connectivity index (χ4v) is 2.97. The first-order valence-electron chi connectivity index (χ1n) is 8.26. The lowest BCUT2D eigenvalue weighted by molar-refractivity contribution is 0.141. The molecule has 0 heterocycles. The van der Waals surface area contributed by atoms with Crippen molar-refractivity contribution in [1.82, 2.24) is 0 Å². The average molecular weight is 291 g/mol. The number of hydrogen-bond donors (Lipinski definition) is 2. The average Bonchev–Trinajstić information content (AvgIpc) is 2.52. The van der Waals surface area contributed by atoms with Gasteiger partial charge < -0.3 is 15.2 Å². The first-order chi connectivity index (χ1) is 10.2. The summed E-state index contributed by atoms with van der Waals surface area (Å²) in [6.45, 7) is 6.34. The zero-order chi connectivity index (χ0) is 15.1. The Hall–Kier alpha value is -1.22. The van der Waals surface area contributed by atoms with Crippen molar-refractivity contribution in [3.05, 3.63) is 24.3 Å². The minimum atomic E-state index is 0.328. The maximum atomic E-state index is 9.45. The molecule has 0 aliphatic heterocycles. The van der Waals surface area contributed by atoms with Crippen molar-refractivity contribution in [3.8, 4) is 5.75 Å². The van der Waals surface area contributed by atoms with Gasteiger partial charge in [0.2, 0.25) is 0 Å². The second-order valence-electron chi connectivity index (χ2n) is 6.60. The zero-order valence-electron chi connectivity index (χ0n) is 13.3. The van der Waals surface area contributed by atoms with Gasteiger partial charge in [0.05, 0.1) is 6.61 Å². The summed E-state index contributed by atoms with van der Waals surface area (Å²) in [5.74, 6) is 2.55. The quantitative estimate of drug-likeness (QED) is 0.799. The molecule has 1 aliphatic carbocycles. The Labute approximate surface area is 128 Å². The van der Waals surface area contributed by atoms with E-state index in [0.717, 1.165) is 24.6 Å². The van der Waals surface area contributed by atoms with E-state index in [4.69, 9.17) is 4.74 Å².